The quantitative estimate of drug-likeness (QED) is 0.765. The molecule has 1 heterocycles. The Labute approximate surface area is 142 Å². The number of ether oxygens (including phenoxy) is 1. The van der Waals surface area contributed by atoms with Crippen LogP contribution in [0.2, 0.25) is 0 Å². The summed E-state index contributed by atoms with van der Waals surface area (Å²) >= 11 is 1.65. The molecule has 0 saturated carbocycles. The monoisotopic (exact) mass is 336 g/mol. The number of rotatable bonds is 7. The highest BCUT2D eigenvalue weighted by Crippen LogP contribution is 2.39. The maximum absolute atomic E-state index is 12.2. The molecule has 126 valence electrons. The summed E-state index contributed by atoms with van der Waals surface area (Å²) in [4.78, 5) is 27.8. The molecule has 0 aromatic heterocycles. The van der Waals surface area contributed by atoms with Crippen molar-refractivity contribution in [2.24, 2.45) is 0 Å². The molecule has 1 fully saturated rings. The van der Waals surface area contributed by atoms with E-state index in [-0.39, 0.29) is 23.8 Å². The Morgan fingerprint density at radius 2 is 2.17 bits per heavy atom. The van der Waals surface area contributed by atoms with Gasteiger partial charge in [-0.1, -0.05) is 24.3 Å². The Hall–Kier alpha value is -1.53. The van der Waals surface area contributed by atoms with Crippen LogP contribution in [0.25, 0.3) is 0 Å². The molecule has 0 spiro atoms. The summed E-state index contributed by atoms with van der Waals surface area (Å²) in [6.07, 6.45) is 0. The summed E-state index contributed by atoms with van der Waals surface area (Å²) in [5.74, 6) is 0.595. The summed E-state index contributed by atoms with van der Waals surface area (Å²) in [5, 5.41) is 0.0416. The Kier molecular flexibility index (Phi) is 6.47. The van der Waals surface area contributed by atoms with Crippen molar-refractivity contribution in [3.05, 3.63) is 35.4 Å². The fraction of sp³-hybridized carbons (Fsp3) is 0.529. The number of carbonyl (C=O) groups excluding carboxylic acids is 2. The van der Waals surface area contributed by atoms with Gasteiger partial charge in [0.15, 0.2) is 0 Å². The third-order valence-electron chi connectivity index (χ3n) is 4.04. The average molecular weight is 336 g/mol. The highest BCUT2D eigenvalue weighted by atomic mass is 32.2. The van der Waals surface area contributed by atoms with Crippen LogP contribution in [-0.4, -0.2) is 60.7 Å². The summed E-state index contributed by atoms with van der Waals surface area (Å²) in [6, 6.07) is 8.15. The fourth-order valence-electron chi connectivity index (χ4n) is 2.72. The van der Waals surface area contributed by atoms with Gasteiger partial charge in [-0.05, 0) is 25.0 Å². The van der Waals surface area contributed by atoms with Crippen LogP contribution in [0.4, 0.5) is 0 Å². The van der Waals surface area contributed by atoms with Crippen molar-refractivity contribution in [1.82, 2.24) is 9.80 Å². The molecule has 0 bridgehead atoms. The van der Waals surface area contributed by atoms with Crippen molar-refractivity contribution in [3.63, 3.8) is 0 Å². The molecule has 23 heavy (non-hydrogen) atoms. The van der Waals surface area contributed by atoms with Gasteiger partial charge in [0, 0.05) is 26.7 Å². The van der Waals surface area contributed by atoms with E-state index in [9.17, 15) is 9.59 Å². The molecule has 6 heteroatoms. The Bertz CT molecular complexity index is 565. The first-order valence-electron chi connectivity index (χ1n) is 7.81. The molecule has 0 N–H and O–H groups in total. The van der Waals surface area contributed by atoms with Gasteiger partial charge in [-0.15, -0.1) is 11.8 Å². The number of nitrogens with zero attached hydrogens (tertiary/aromatic N) is 2. The van der Waals surface area contributed by atoms with E-state index in [1.807, 2.05) is 24.0 Å². The fourth-order valence-corrected chi connectivity index (χ4v) is 4.03. The highest BCUT2D eigenvalue weighted by Gasteiger charge is 2.33. The van der Waals surface area contributed by atoms with Gasteiger partial charge in [0.2, 0.25) is 11.8 Å². The van der Waals surface area contributed by atoms with Crippen molar-refractivity contribution in [1.29, 1.82) is 0 Å². The molecule has 1 aromatic rings. The lowest BCUT2D eigenvalue weighted by Gasteiger charge is -2.28. The third-order valence-corrected chi connectivity index (χ3v) is 5.27. The molecule has 5 nitrogen and oxygen atoms in total. The van der Waals surface area contributed by atoms with Gasteiger partial charge in [-0.2, -0.15) is 0 Å². The second kappa shape index (κ2) is 8.36. The topological polar surface area (TPSA) is 49.9 Å². The summed E-state index contributed by atoms with van der Waals surface area (Å²) < 4.78 is 4.91. The van der Waals surface area contributed by atoms with E-state index in [1.165, 1.54) is 18.2 Å². The van der Waals surface area contributed by atoms with Crippen molar-refractivity contribution >= 4 is 23.6 Å². The van der Waals surface area contributed by atoms with Crippen molar-refractivity contribution in [2.75, 3.05) is 39.1 Å². The van der Waals surface area contributed by atoms with Crippen LogP contribution in [-0.2, 0) is 14.3 Å². The van der Waals surface area contributed by atoms with E-state index in [2.05, 4.69) is 19.1 Å². The second-order valence-corrected chi connectivity index (χ2v) is 6.58. The van der Waals surface area contributed by atoms with E-state index in [0.717, 1.165) is 0 Å². The lowest BCUT2D eigenvalue weighted by molar-refractivity contribution is -0.136. The molecular formula is C17H24N2O3S. The van der Waals surface area contributed by atoms with Gasteiger partial charge >= 0.3 is 0 Å². The standard InChI is InChI=1S/C17H24N2O3S/c1-4-18(15(20)11-22-3)9-10-19-16(21)12-23-17(19)14-8-6-5-7-13(14)2/h5-8,17H,4,9-12H2,1-3H3. The Morgan fingerprint density at radius 3 is 2.83 bits per heavy atom. The molecule has 2 amide bonds. The number of hydrogen-bond acceptors (Lipinski definition) is 4. The zero-order valence-corrected chi connectivity index (χ0v) is 14.8. The molecule has 1 unspecified atom stereocenters. The lowest BCUT2D eigenvalue weighted by Crippen LogP contribution is -2.41. The zero-order valence-electron chi connectivity index (χ0n) is 13.9. The summed E-state index contributed by atoms with van der Waals surface area (Å²) in [6.45, 7) is 5.79. The molecule has 1 aromatic carbocycles. The normalized spacial score (nSPS) is 17.6. The number of carbonyl (C=O) groups is 2. The predicted octanol–water partition coefficient (Wildman–Crippen LogP) is 2.06. The van der Waals surface area contributed by atoms with E-state index in [0.29, 0.717) is 25.4 Å². The number of likely N-dealkylation sites (N-methyl/N-ethyl adjacent to an activating group) is 1. The van der Waals surface area contributed by atoms with Crippen LogP contribution in [0.1, 0.15) is 23.4 Å². The second-order valence-electron chi connectivity index (χ2n) is 5.51. The zero-order chi connectivity index (χ0) is 16.8. The van der Waals surface area contributed by atoms with Gasteiger partial charge < -0.3 is 14.5 Å². The summed E-state index contributed by atoms with van der Waals surface area (Å²) in [5.41, 5.74) is 2.36. The minimum atomic E-state index is -0.0401. The van der Waals surface area contributed by atoms with Gasteiger partial charge in [0.05, 0.1) is 5.75 Å². The van der Waals surface area contributed by atoms with E-state index in [4.69, 9.17) is 4.74 Å². The van der Waals surface area contributed by atoms with Gasteiger partial charge in [0.1, 0.15) is 12.0 Å². The van der Waals surface area contributed by atoms with Gasteiger partial charge in [0.25, 0.3) is 0 Å². The van der Waals surface area contributed by atoms with Crippen LogP contribution in [0.3, 0.4) is 0 Å². The predicted molar refractivity (Wildman–Crippen MR) is 92.2 cm³/mol. The molecule has 1 aliphatic heterocycles. The SMILES string of the molecule is CCN(CCN1C(=O)CSC1c1ccccc1C)C(=O)COC. The number of aryl methyl sites for hydroxylation is 1. The van der Waals surface area contributed by atoms with Crippen LogP contribution in [0.15, 0.2) is 24.3 Å². The molecule has 1 saturated heterocycles. The molecule has 1 aliphatic rings. The minimum absolute atomic E-state index is 0.0401. The number of methoxy groups -OCH3 is 1. The molecule has 2 rings (SSSR count). The molecule has 0 aliphatic carbocycles. The van der Waals surface area contributed by atoms with E-state index < -0.39 is 0 Å². The molecular weight excluding hydrogens is 312 g/mol. The van der Waals surface area contributed by atoms with Crippen molar-refractivity contribution in [3.8, 4) is 0 Å². The molecule has 0 radical (unpaired) electrons. The first-order valence-corrected chi connectivity index (χ1v) is 8.86. The number of benzene rings is 1. The van der Waals surface area contributed by atoms with Crippen LogP contribution in [0.5, 0.6) is 0 Å². The number of amides is 2. The van der Waals surface area contributed by atoms with Crippen LogP contribution >= 0.6 is 11.8 Å². The first-order chi connectivity index (χ1) is 11.1. The first kappa shape index (κ1) is 17.8. The number of thioether (sulfide) groups is 1. The van der Waals surface area contributed by atoms with Crippen LogP contribution in [0, 0.1) is 6.92 Å². The average Bonchev–Trinajstić information content (AvgIpc) is 2.90. The Balaban J connectivity index is 2.06. The highest BCUT2D eigenvalue weighted by molar-refractivity contribution is 8.00. The Morgan fingerprint density at radius 1 is 1.43 bits per heavy atom. The third kappa shape index (κ3) is 4.26. The van der Waals surface area contributed by atoms with Crippen molar-refractivity contribution < 1.29 is 14.3 Å². The van der Waals surface area contributed by atoms with Gasteiger partial charge in [-0.25, -0.2) is 0 Å². The maximum Gasteiger partial charge on any atom is 0.248 e. The minimum Gasteiger partial charge on any atom is -0.375 e. The molecule has 1 atom stereocenters. The smallest absolute Gasteiger partial charge is 0.248 e. The van der Waals surface area contributed by atoms with E-state index >= 15 is 0 Å². The number of hydrogen-bond donors (Lipinski definition) is 0. The van der Waals surface area contributed by atoms with E-state index in [1.54, 1.807) is 16.7 Å². The van der Waals surface area contributed by atoms with Crippen molar-refractivity contribution in [2.45, 2.75) is 19.2 Å². The maximum atomic E-state index is 12.2. The summed E-state index contributed by atoms with van der Waals surface area (Å²) in [7, 11) is 1.51. The largest absolute Gasteiger partial charge is 0.375 e. The lowest BCUT2D eigenvalue weighted by atomic mass is 10.1. The van der Waals surface area contributed by atoms with Crippen LogP contribution < -0.4 is 0 Å². The van der Waals surface area contributed by atoms with Gasteiger partial charge in [-0.3, -0.25) is 9.59 Å².